The van der Waals surface area contributed by atoms with Crippen LogP contribution in [0.4, 0.5) is 0 Å². The Morgan fingerprint density at radius 3 is 2.75 bits per heavy atom. The molecule has 6 heteroatoms. The Bertz CT molecular complexity index is 924. The number of ketones is 1. The van der Waals surface area contributed by atoms with E-state index in [2.05, 4.69) is 39.0 Å². The Morgan fingerprint density at radius 2 is 1.94 bits per heavy atom. The summed E-state index contributed by atoms with van der Waals surface area (Å²) in [7, 11) is 1.69. The molecule has 2 aromatic carbocycles. The Hall–Kier alpha value is -1.89. The summed E-state index contributed by atoms with van der Waals surface area (Å²) in [5.74, 6) is 2.54. The zero-order valence-electron chi connectivity index (χ0n) is 18.8. The second-order valence-corrected chi connectivity index (χ2v) is 9.64. The van der Waals surface area contributed by atoms with Crippen LogP contribution in [0.3, 0.4) is 0 Å². The van der Waals surface area contributed by atoms with Gasteiger partial charge in [0.2, 0.25) is 0 Å². The number of carbonyl (C=O) groups is 1. The van der Waals surface area contributed by atoms with E-state index in [1.165, 1.54) is 24.0 Å². The summed E-state index contributed by atoms with van der Waals surface area (Å²) in [6.45, 7) is 4.95. The molecule has 2 aliphatic heterocycles. The monoisotopic (exact) mass is 501 g/mol. The summed E-state index contributed by atoms with van der Waals surface area (Å²) in [6, 6.07) is 12.5. The molecule has 0 unspecified atom stereocenters. The smallest absolute Gasteiger partial charge is 0.170 e. The van der Waals surface area contributed by atoms with Crippen LogP contribution in [0.5, 0.6) is 11.5 Å². The number of hydrogen-bond donors (Lipinski definition) is 0. The fraction of sp³-hybridized carbons (Fsp3) is 0.500. The molecule has 0 aromatic heterocycles. The minimum absolute atomic E-state index is 0.203. The maximum Gasteiger partial charge on any atom is 0.170 e. The zero-order chi connectivity index (χ0) is 22.3. The molecule has 0 spiro atoms. The number of benzene rings is 2. The first-order chi connectivity index (χ1) is 15.6. The molecular formula is C26H32BrNO4. The van der Waals surface area contributed by atoms with Crippen molar-refractivity contribution in [2.24, 2.45) is 5.92 Å². The highest BCUT2D eigenvalue weighted by Crippen LogP contribution is 2.28. The molecule has 2 aliphatic rings. The third-order valence-corrected chi connectivity index (χ3v) is 6.82. The maximum atomic E-state index is 12.1. The number of piperidine rings is 1. The topological polar surface area (TPSA) is 48.0 Å². The molecule has 0 saturated carbocycles. The first-order valence-electron chi connectivity index (χ1n) is 11.5. The van der Waals surface area contributed by atoms with Gasteiger partial charge in [0.05, 0.1) is 18.8 Å². The molecule has 1 saturated heterocycles. The summed E-state index contributed by atoms with van der Waals surface area (Å²) >= 11 is 3.62. The molecule has 4 rings (SSSR count). The van der Waals surface area contributed by atoms with Gasteiger partial charge in [-0.2, -0.15) is 0 Å². The van der Waals surface area contributed by atoms with Crippen molar-refractivity contribution in [3.05, 3.63) is 57.6 Å². The van der Waals surface area contributed by atoms with E-state index in [-0.39, 0.29) is 5.78 Å². The number of ether oxygens (including phenoxy) is 3. The van der Waals surface area contributed by atoms with Gasteiger partial charge in [-0.3, -0.25) is 4.79 Å². The van der Waals surface area contributed by atoms with Gasteiger partial charge >= 0.3 is 0 Å². The van der Waals surface area contributed by atoms with E-state index < -0.39 is 0 Å². The van der Waals surface area contributed by atoms with Gasteiger partial charge in [0.15, 0.2) is 5.78 Å². The maximum absolute atomic E-state index is 12.1. The van der Waals surface area contributed by atoms with E-state index in [1.807, 2.05) is 18.2 Å². The van der Waals surface area contributed by atoms with Crippen molar-refractivity contribution >= 4 is 21.7 Å². The summed E-state index contributed by atoms with van der Waals surface area (Å²) in [5.41, 5.74) is 3.30. The highest BCUT2D eigenvalue weighted by atomic mass is 79.9. The van der Waals surface area contributed by atoms with E-state index in [4.69, 9.17) is 14.2 Å². The van der Waals surface area contributed by atoms with Crippen molar-refractivity contribution in [2.45, 2.75) is 32.1 Å². The van der Waals surface area contributed by atoms with Crippen LogP contribution in [0, 0.1) is 5.92 Å². The number of rotatable bonds is 9. The largest absolute Gasteiger partial charge is 0.492 e. The van der Waals surface area contributed by atoms with E-state index in [0.717, 1.165) is 54.0 Å². The van der Waals surface area contributed by atoms with E-state index in [1.54, 1.807) is 7.11 Å². The predicted molar refractivity (Wildman–Crippen MR) is 129 cm³/mol. The quantitative estimate of drug-likeness (QED) is 0.455. The Kier molecular flexibility index (Phi) is 8.22. The number of nitrogens with zero attached hydrogens (tertiary/aromatic N) is 1. The normalized spacial score (nSPS) is 17.1. The van der Waals surface area contributed by atoms with Crippen molar-refractivity contribution in [3.63, 3.8) is 0 Å². The lowest BCUT2D eigenvalue weighted by molar-refractivity contribution is 0.0933. The molecule has 0 radical (unpaired) electrons. The molecule has 0 atom stereocenters. The van der Waals surface area contributed by atoms with Crippen molar-refractivity contribution in [2.75, 3.05) is 46.6 Å². The van der Waals surface area contributed by atoms with Gasteiger partial charge in [-0.1, -0.05) is 22.0 Å². The third kappa shape index (κ3) is 6.33. The highest BCUT2D eigenvalue weighted by molar-refractivity contribution is 9.10. The first kappa shape index (κ1) is 23.3. The fourth-order valence-corrected chi connectivity index (χ4v) is 5.08. The second-order valence-electron chi connectivity index (χ2n) is 8.73. The average molecular weight is 502 g/mol. The number of methoxy groups -OCH3 is 1. The van der Waals surface area contributed by atoms with Crippen molar-refractivity contribution in [1.82, 2.24) is 4.90 Å². The lowest BCUT2D eigenvalue weighted by atomic mass is 9.90. The number of Topliss-reactive ketones (excluding diaryl/α,β-unsaturated/α-hetero) is 1. The zero-order valence-corrected chi connectivity index (χ0v) is 20.4. The molecule has 172 valence electrons. The minimum Gasteiger partial charge on any atom is -0.492 e. The van der Waals surface area contributed by atoms with E-state index >= 15 is 0 Å². The molecular weight excluding hydrogens is 470 g/mol. The van der Waals surface area contributed by atoms with Gasteiger partial charge in [0.1, 0.15) is 18.1 Å². The molecule has 0 amide bonds. The fourth-order valence-electron chi connectivity index (χ4n) is 4.56. The predicted octanol–water partition coefficient (Wildman–Crippen LogP) is 4.94. The first-order valence-corrected chi connectivity index (χ1v) is 12.3. The van der Waals surface area contributed by atoms with Gasteiger partial charge in [-0.25, -0.2) is 0 Å². The Balaban J connectivity index is 1.24. The van der Waals surface area contributed by atoms with Crippen molar-refractivity contribution in [1.29, 1.82) is 0 Å². The summed E-state index contributed by atoms with van der Waals surface area (Å²) in [4.78, 5) is 14.7. The van der Waals surface area contributed by atoms with E-state index in [0.29, 0.717) is 32.2 Å². The van der Waals surface area contributed by atoms with Crippen LogP contribution >= 0.6 is 15.9 Å². The third-order valence-electron chi connectivity index (χ3n) is 6.37. The number of likely N-dealkylation sites (tertiary alicyclic amines) is 1. The summed E-state index contributed by atoms with van der Waals surface area (Å²) < 4.78 is 17.5. The molecule has 0 aliphatic carbocycles. The lowest BCUT2D eigenvalue weighted by Gasteiger charge is -2.32. The van der Waals surface area contributed by atoms with Crippen molar-refractivity contribution in [3.8, 4) is 11.5 Å². The second kappa shape index (κ2) is 11.3. The number of fused-ring (bicyclic) bond motifs is 1. The van der Waals surface area contributed by atoms with Crippen LogP contribution in [-0.2, 0) is 17.6 Å². The van der Waals surface area contributed by atoms with Gasteiger partial charge < -0.3 is 19.1 Å². The Labute approximate surface area is 199 Å². The minimum atomic E-state index is 0.203. The van der Waals surface area contributed by atoms with Gasteiger partial charge in [0, 0.05) is 24.5 Å². The standard InChI is InChI=1S/C26H32BrNO4/c1-30-12-13-31-23-16-21(15-22(27)18-23)14-20-5-9-28(10-6-20)8-4-19-2-3-26-24(17-19)25(29)7-11-32-26/h2-3,15-18,20H,4-14H2,1H3. The number of hydrogen-bond acceptors (Lipinski definition) is 5. The summed E-state index contributed by atoms with van der Waals surface area (Å²) in [5, 5.41) is 0. The van der Waals surface area contributed by atoms with Crippen LogP contribution < -0.4 is 9.47 Å². The van der Waals surface area contributed by atoms with Crippen LogP contribution in [0.15, 0.2) is 40.9 Å². The van der Waals surface area contributed by atoms with E-state index in [9.17, 15) is 4.79 Å². The molecule has 5 nitrogen and oxygen atoms in total. The van der Waals surface area contributed by atoms with Gasteiger partial charge in [-0.05, 0) is 86.1 Å². The molecule has 2 heterocycles. The molecule has 1 fully saturated rings. The molecule has 2 aromatic rings. The van der Waals surface area contributed by atoms with Crippen LogP contribution in [0.25, 0.3) is 0 Å². The molecule has 32 heavy (non-hydrogen) atoms. The Morgan fingerprint density at radius 1 is 1.09 bits per heavy atom. The van der Waals surface area contributed by atoms with Gasteiger partial charge in [0.25, 0.3) is 0 Å². The summed E-state index contributed by atoms with van der Waals surface area (Å²) in [6.07, 6.45) is 4.97. The highest BCUT2D eigenvalue weighted by Gasteiger charge is 2.21. The van der Waals surface area contributed by atoms with Crippen LogP contribution in [-0.4, -0.2) is 57.2 Å². The van der Waals surface area contributed by atoms with Crippen LogP contribution in [0.2, 0.25) is 0 Å². The van der Waals surface area contributed by atoms with Crippen molar-refractivity contribution < 1.29 is 19.0 Å². The number of halogens is 1. The van der Waals surface area contributed by atoms with Gasteiger partial charge in [-0.15, -0.1) is 0 Å². The molecule has 0 bridgehead atoms. The molecule has 0 N–H and O–H groups in total. The lowest BCUT2D eigenvalue weighted by Crippen LogP contribution is -2.35. The van der Waals surface area contributed by atoms with Crippen LogP contribution in [0.1, 0.15) is 40.7 Å². The average Bonchev–Trinajstić information content (AvgIpc) is 2.79. The SMILES string of the molecule is COCCOc1cc(Br)cc(CC2CCN(CCc3ccc4c(c3)C(=O)CCO4)CC2)c1. The number of carbonyl (C=O) groups excluding carboxylic acids is 1.